The van der Waals surface area contributed by atoms with Crippen molar-refractivity contribution >= 4 is 5.69 Å². The summed E-state index contributed by atoms with van der Waals surface area (Å²) in [7, 11) is 0. The van der Waals surface area contributed by atoms with Gasteiger partial charge in [-0.15, -0.1) is 0 Å². The summed E-state index contributed by atoms with van der Waals surface area (Å²) in [5, 5.41) is 13.3. The fraction of sp³-hybridized carbons (Fsp3) is 0.500. The van der Waals surface area contributed by atoms with Gasteiger partial charge in [0.15, 0.2) is 0 Å². The van der Waals surface area contributed by atoms with Crippen molar-refractivity contribution in [1.82, 2.24) is 0 Å². The Morgan fingerprint density at radius 2 is 2.21 bits per heavy atom. The molecule has 2 nitrogen and oxygen atoms in total. The van der Waals surface area contributed by atoms with E-state index in [4.69, 9.17) is 0 Å². The number of aliphatic hydroxyl groups excluding tert-OH is 1. The normalized spacial score (nSPS) is 26.1. The lowest BCUT2D eigenvalue weighted by Gasteiger charge is -2.19. The maximum atomic E-state index is 9.96. The molecule has 1 aliphatic rings. The molecule has 0 amide bonds. The Morgan fingerprint density at radius 1 is 1.43 bits per heavy atom. The largest absolute Gasteiger partial charge is 0.392 e. The maximum absolute atomic E-state index is 9.96. The molecule has 2 unspecified atom stereocenters. The van der Waals surface area contributed by atoms with Crippen LogP contribution >= 0.6 is 0 Å². The van der Waals surface area contributed by atoms with Gasteiger partial charge in [-0.1, -0.05) is 25.1 Å². The van der Waals surface area contributed by atoms with Gasteiger partial charge < -0.3 is 10.4 Å². The van der Waals surface area contributed by atoms with Crippen LogP contribution in [0, 0.1) is 0 Å². The van der Waals surface area contributed by atoms with Crippen LogP contribution in [0.5, 0.6) is 0 Å². The number of hydrogen-bond acceptors (Lipinski definition) is 2. The molecule has 0 aromatic heterocycles. The summed E-state index contributed by atoms with van der Waals surface area (Å²) in [5.41, 5.74) is 2.45. The van der Waals surface area contributed by atoms with Crippen LogP contribution in [-0.4, -0.2) is 17.8 Å². The quantitative estimate of drug-likeness (QED) is 0.714. The highest BCUT2D eigenvalue weighted by Gasteiger charge is 2.23. The van der Waals surface area contributed by atoms with E-state index in [0.29, 0.717) is 5.92 Å². The molecule has 2 atom stereocenters. The van der Waals surface area contributed by atoms with E-state index in [0.717, 1.165) is 19.4 Å². The lowest BCUT2D eigenvalue weighted by atomic mass is 9.89. The minimum absolute atomic E-state index is 0.198. The first-order valence-electron chi connectivity index (χ1n) is 5.33. The number of para-hydroxylation sites is 1. The topological polar surface area (TPSA) is 32.3 Å². The zero-order valence-corrected chi connectivity index (χ0v) is 8.53. The Kier molecular flexibility index (Phi) is 2.73. The predicted molar refractivity (Wildman–Crippen MR) is 58.6 cm³/mol. The van der Waals surface area contributed by atoms with Crippen LogP contribution in [0.15, 0.2) is 24.3 Å². The van der Waals surface area contributed by atoms with E-state index < -0.39 is 0 Å². The molecule has 1 aliphatic heterocycles. The second-order valence-corrected chi connectivity index (χ2v) is 3.88. The Labute approximate surface area is 85.0 Å². The molecule has 0 spiro atoms. The van der Waals surface area contributed by atoms with Crippen molar-refractivity contribution in [2.45, 2.75) is 31.8 Å². The monoisotopic (exact) mass is 191 g/mol. The van der Waals surface area contributed by atoms with Crippen molar-refractivity contribution in [2.24, 2.45) is 0 Å². The zero-order chi connectivity index (χ0) is 9.97. The summed E-state index contributed by atoms with van der Waals surface area (Å²) in [5.74, 6) is 0.293. The second kappa shape index (κ2) is 4.01. The molecule has 2 rings (SSSR count). The first-order valence-corrected chi connectivity index (χ1v) is 5.33. The van der Waals surface area contributed by atoms with Crippen LogP contribution in [0.2, 0.25) is 0 Å². The summed E-state index contributed by atoms with van der Waals surface area (Å²) < 4.78 is 0. The fourth-order valence-electron chi connectivity index (χ4n) is 2.24. The third kappa shape index (κ3) is 1.62. The molecule has 0 saturated heterocycles. The van der Waals surface area contributed by atoms with Crippen LogP contribution in [0.3, 0.4) is 0 Å². The first kappa shape index (κ1) is 9.53. The van der Waals surface area contributed by atoms with Crippen LogP contribution in [-0.2, 0) is 0 Å². The molecule has 0 radical (unpaired) electrons. The third-order valence-corrected chi connectivity index (χ3v) is 3.02. The number of fused-ring (bicyclic) bond motifs is 1. The van der Waals surface area contributed by atoms with Gasteiger partial charge in [0.05, 0.1) is 6.10 Å². The standard InChI is InChI=1S/C12H17NO/c1-2-9-10-5-3-4-6-11(10)13-8-7-12(9)14/h3-6,9,12-14H,2,7-8H2,1H3. The van der Waals surface area contributed by atoms with Crippen molar-refractivity contribution in [3.63, 3.8) is 0 Å². The van der Waals surface area contributed by atoms with Crippen LogP contribution in [0.25, 0.3) is 0 Å². The van der Waals surface area contributed by atoms with E-state index in [9.17, 15) is 5.11 Å². The summed E-state index contributed by atoms with van der Waals surface area (Å²) in [4.78, 5) is 0. The second-order valence-electron chi connectivity index (χ2n) is 3.88. The molecule has 1 heterocycles. The highest BCUT2D eigenvalue weighted by molar-refractivity contribution is 5.54. The van der Waals surface area contributed by atoms with Gasteiger partial charge in [-0.05, 0) is 24.5 Å². The van der Waals surface area contributed by atoms with Crippen LogP contribution in [0.1, 0.15) is 31.2 Å². The smallest absolute Gasteiger partial charge is 0.0626 e. The van der Waals surface area contributed by atoms with Gasteiger partial charge in [-0.3, -0.25) is 0 Å². The molecule has 14 heavy (non-hydrogen) atoms. The third-order valence-electron chi connectivity index (χ3n) is 3.02. The number of aliphatic hydroxyl groups is 1. The Morgan fingerprint density at radius 3 is 3.00 bits per heavy atom. The van der Waals surface area contributed by atoms with Gasteiger partial charge in [0, 0.05) is 18.2 Å². The van der Waals surface area contributed by atoms with Gasteiger partial charge >= 0.3 is 0 Å². The molecule has 1 aromatic carbocycles. The van der Waals surface area contributed by atoms with Gasteiger partial charge in [-0.25, -0.2) is 0 Å². The van der Waals surface area contributed by atoms with E-state index in [1.807, 2.05) is 12.1 Å². The van der Waals surface area contributed by atoms with Crippen molar-refractivity contribution in [3.05, 3.63) is 29.8 Å². The summed E-state index contributed by atoms with van der Waals surface area (Å²) in [6, 6.07) is 8.29. The van der Waals surface area contributed by atoms with Gasteiger partial charge in [0.1, 0.15) is 0 Å². The molecular weight excluding hydrogens is 174 g/mol. The molecule has 2 heteroatoms. The van der Waals surface area contributed by atoms with E-state index in [2.05, 4.69) is 24.4 Å². The molecular formula is C12H17NO. The molecule has 0 fully saturated rings. The van der Waals surface area contributed by atoms with Gasteiger partial charge in [-0.2, -0.15) is 0 Å². The van der Waals surface area contributed by atoms with Crippen molar-refractivity contribution in [2.75, 3.05) is 11.9 Å². The lowest BCUT2D eigenvalue weighted by molar-refractivity contribution is 0.137. The lowest BCUT2D eigenvalue weighted by Crippen LogP contribution is -2.17. The number of benzene rings is 1. The van der Waals surface area contributed by atoms with Crippen LogP contribution in [0.4, 0.5) is 5.69 Å². The molecule has 0 bridgehead atoms. The van der Waals surface area contributed by atoms with Crippen molar-refractivity contribution in [1.29, 1.82) is 0 Å². The minimum atomic E-state index is -0.198. The minimum Gasteiger partial charge on any atom is -0.392 e. The zero-order valence-electron chi connectivity index (χ0n) is 8.53. The van der Waals surface area contributed by atoms with Gasteiger partial charge in [0.2, 0.25) is 0 Å². The van der Waals surface area contributed by atoms with E-state index >= 15 is 0 Å². The average Bonchev–Trinajstić information content (AvgIpc) is 2.36. The number of rotatable bonds is 1. The van der Waals surface area contributed by atoms with Crippen LogP contribution < -0.4 is 5.32 Å². The molecule has 76 valence electrons. The SMILES string of the molecule is CCC1c2ccccc2NCCC1O. The summed E-state index contributed by atoms with van der Waals surface area (Å²) >= 11 is 0. The fourth-order valence-corrected chi connectivity index (χ4v) is 2.24. The number of nitrogens with one attached hydrogen (secondary N) is 1. The molecule has 1 aromatic rings. The Hall–Kier alpha value is -1.02. The molecule has 2 N–H and O–H groups in total. The Bertz CT molecular complexity index is 311. The highest BCUT2D eigenvalue weighted by Crippen LogP contribution is 2.33. The van der Waals surface area contributed by atoms with E-state index in [1.54, 1.807) is 0 Å². The van der Waals surface area contributed by atoms with E-state index in [-0.39, 0.29) is 6.10 Å². The maximum Gasteiger partial charge on any atom is 0.0626 e. The van der Waals surface area contributed by atoms with Crippen molar-refractivity contribution in [3.8, 4) is 0 Å². The van der Waals surface area contributed by atoms with Crippen molar-refractivity contribution < 1.29 is 5.11 Å². The number of hydrogen-bond donors (Lipinski definition) is 2. The van der Waals surface area contributed by atoms with E-state index in [1.165, 1.54) is 11.3 Å². The molecule has 0 saturated carbocycles. The first-order chi connectivity index (χ1) is 6.83. The summed E-state index contributed by atoms with van der Waals surface area (Å²) in [6.45, 7) is 3.00. The average molecular weight is 191 g/mol. The summed E-state index contributed by atoms with van der Waals surface area (Å²) in [6.07, 6.45) is 1.64. The Balaban J connectivity index is 2.39. The number of anilines is 1. The van der Waals surface area contributed by atoms with Gasteiger partial charge in [0.25, 0.3) is 0 Å². The predicted octanol–water partition coefficient (Wildman–Crippen LogP) is 2.36. The highest BCUT2D eigenvalue weighted by atomic mass is 16.3. The molecule has 0 aliphatic carbocycles.